The summed E-state index contributed by atoms with van der Waals surface area (Å²) in [4.78, 5) is 131. The third-order valence-electron chi connectivity index (χ3n) is 15.4. The second-order valence-electron chi connectivity index (χ2n) is 22.8. The van der Waals surface area contributed by atoms with Gasteiger partial charge in [-0.1, -0.05) is 50.7 Å². The van der Waals surface area contributed by atoms with E-state index in [1.807, 2.05) is 36.2 Å². The lowest BCUT2D eigenvalue weighted by atomic mass is 10.0. The molecule has 2 aliphatic heterocycles. The smallest absolute Gasteiger partial charge is 0.326 e. The molecule has 0 bridgehead atoms. The van der Waals surface area contributed by atoms with Crippen LogP contribution in [0, 0.1) is 0 Å². The number of rotatable bonds is 44. The van der Waals surface area contributed by atoms with Gasteiger partial charge in [0, 0.05) is 110 Å². The zero-order valence-corrected chi connectivity index (χ0v) is 52.4. The molecule has 1 aromatic heterocycles. The van der Waals surface area contributed by atoms with Gasteiger partial charge in [0.1, 0.15) is 12.1 Å². The van der Waals surface area contributed by atoms with Gasteiger partial charge in [0.15, 0.2) is 0 Å². The highest BCUT2D eigenvalue weighted by atomic mass is 16.5. The van der Waals surface area contributed by atoms with Crippen molar-refractivity contribution in [1.29, 1.82) is 0 Å². The van der Waals surface area contributed by atoms with Crippen LogP contribution in [0.2, 0.25) is 0 Å². The van der Waals surface area contributed by atoms with E-state index < -0.39 is 66.3 Å². The Kier molecular flexibility index (Phi) is 36.0. The number of carbonyl (C=O) groups excluding carboxylic acids is 2. The zero-order chi connectivity index (χ0) is 66.3. The topological polar surface area (TPSA) is 432 Å². The fraction of sp³-hybridized carbons (Fsp3) is 0.695. The van der Waals surface area contributed by atoms with E-state index in [-0.39, 0.29) is 83.8 Å². The molecule has 2 saturated heterocycles. The van der Waals surface area contributed by atoms with E-state index in [4.69, 9.17) is 29.7 Å². The largest absolute Gasteiger partial charge is 0.481 e. The number of aliphatic carboxylic acids is 7. The molecule has 1 aromatic carbocycles. The van der Waals surface area contributed by atoms with Crippen LogP contribution in [0.15, 0.2) is 24.3 Å². The molecule has 2 aromatic rings. The van der Waals surface area contributed by atoms with Crippen molar-refractivity contribution < 1.29 is 88.4 Å². The lowest BCUT2D eigenvalue weighted by Gasteiger charge is -2.37. The summed E-state index contributed by atoms with van der Waals surface area (Å²) in [5.41, 5.74) is 1.63. The minimum atomic E-state index is -1.49. The number of amides is 3. The molecular weight excluding hydrogens is 1190 g/mol. The number of likely N-dealkylation sites (N-methyl/N-ethyl adjacent to an activating group) is 1. The Labute approximate surface area is 530 Å². The minimum absolute atomic E-state index is 0.0439. The van der Waals surface area contributed by atoms with E-state index in [0.29, 0.717) is 115 Å². The Morgan fingerprint density at radius 3 is 1.68 bits per heavy atom. The molecule has 0 aliphatic carbocycles. The average molecular weight is 1290 g/mol. The van der Waals surface area contributed by atoms with Gasteiger partial charge in [-0.3, -0.25) is 48.4 Å². The van der Waals surface area contributed by atoms with Gasteiger partial charge in [-0.15, -0.1) is 0 Å². The number of anilines is 4. The monoisotopic (exact) mass is 1290 g/mol. The van der Waals surface area contributed by atoms with Crippen molar-refractivity contribution in [3.63, 3.8) is 0 Å². The zero-order valence-electron chi connectivity index (χ0n) is 52.4. The summed E-state index contributed by atoms with van der Waals surface area (Å²) >= 11 is 0. The first-order valence-electron chi connectivity index (χ1n) is 31.4. The first-order chi connectivity index (χ1) is 43.6. The van der Waals surface area contributed by atoms with Crippen LogP contribution < -0.4 is 31.5 Å². The summed E-state index contributed by atoms with van der Waals surface area (Å²) in [5, 5.41) is 79.3. The predicted octanol–water partition coefficient (Wildman–Crippen LogP) is 1.54. The van der Waals surface area contributed by atoms with Gasteiger partial charge in [0.25, 0.3) is 0 Å². The molecule has 4 rings (SSSR count). The molecule has 3 heterocycles. The number of nitrogens with one attached hydrogen (secondary N) is 5. The van der Waals surface area contributed by atoms with Crippen molar-refractivity contribution >= 4 is 77.3 Å². The van der Waals surface area contributed by atoms with Gasteiger partial charge in [0.05, 0.1) is 52.5 Å². The molecule has 2 fully saturated rings. The Balaban J connectivity index is 1.22. The molecule has 91 heavy (non-hydrogen) atoms. The Morgan fingerprint density at radius 1 is 0.527 bits per heavy atom. The Bertz CT molecular complexity index is 2570. The highest BCUT2D eigenvalue weighted by Crippen LogP contribution is 2.22. The summed E-state index contributed by atoms with van der Waals surface area (Å²) in [6.45, 7) is 7.56. The summed E-state index contributed by atoms with van der Waals surface area (Å²) in [6.07, 6.45) is 8.95. The number of benzene rings is 1. The van der Waals surface area contributed by atoms with E-state index in [9.17, 15) is 68.7 Å². The summed E-state index contributed by atoms with van der Waals surface area (Å²) in [6, 6.07) is 3.59. The maximum atomic E-state index is 12.4. The predicted molar refractivity (Wildman–Crippen MR) is 333 cm³/mol. The number of nitrogens with zero attached hydrogens (tertiary/aromatic N) is 9. The summed E-state index contributed by atoms with van der Waals surface area (Å²) in [7, 11) is 1.92. The van der Waals surface area contributed by atoms with Gasteiger partial charge < -0.3 is 81.6 Å². The van der Waals surface area contributed by atoms with Gasteiger partial charge in [0.2, 0.25) is 23.8 Å². The van der Waals surface area contributed by atoms with Crippen LogP contribution in [0.25, 0.3) is 0 Å². The van der Waals surface area contributed by atoms with Crippen molar-refractivity contribution in [1.82, 2.24) is 55.4 Å². The molecular formula is C59H96N14O18. The van der Waals surface area contributed by atoms with Gasteiger partial charge in [-0.05, 0) is 76.2 Å². The van der Waals surface area contributed by atoms with E-state index in [0.717, 1.165) is 76.6 Å². The number of ether oxygens (including phenoxy) is 2. The quantitative estimate of drug-likeness (QED) is 0.0419. The van der Waals surface area contributed by atoms with Crippen molar-refractivity contribution in [3.05, 3.63) is 29.8 Å². The minimum Gasteiger partial charge on any atom is -0.481 e. The fourth-order valence-electron chi connectivity index (χ4n) is 10.4. The van der Waals surface area contributed by atoms with E-state index in [1.54, 1.807) is 9.80 Å². The highest BCUT2D eigenvalue weighted by Gasteiger charge is 2.28. The number of carboxylic acids is 7. The van der Waals surface area contributed by atoms with Crippen molar-refractivity contribution in [2.24, 2.45) is 0 Å². The lowest BCUT2D eigenvalue weighted by Crippen LogP contribution is -2.52. The van der Waals surface area contributed by atoms with Crippen molar-refractivity contribution in [3.8, 4) is 0 Å². The molecule has 0 spiro atoms. The number of hydrogen-bond acceptors (Lipinski definition) is 22. The molecule has 3 atom stereocenters. The normalized spacial score (nSPS) is 16.5. The SMILES string of the molecule is CN1CCN(CC(=O)O)CCN(CC(=O)O)CCN(CC(=O)O)C(Cc2ccc(Nc3nc(NCCOCCOCCC(=O)O)nc(N4CCN(CCCCCCCCCCC(=O)NCCCC[C@H](NC(=O)N[C@@H](CCC(=O)O)C(=O)O)C(=O)O)CC4)n3)cc2)C1. The first kappa shape index (κ1) is 75.8. The van der Waals surface area contributed by atoms with Crippen LogP contribution in [0.4, 0.5) is 28.3 Å². The van der Waals surface area contributed by atoms with Gasteiger partial charge in [-0.25, -0.2) is 14.4 Å². The van der Waals surface area contributed by atoms with Crippen LogP contribution in [0.1, 0.15) is 102 Å². The van der Waals surface area contributed by atoms with Crippen molar-refractivity contribution in [2.75, 3.05) is 160 Å². The third-order valence-corrected chi connectivity index (χ3v) is 15.4. The lowest BCUT2D eigenvalue weighted by molar-refractivity contribution is -0.141. The van der Waals surface area contributed by atoms with Crippen LogP contribution in [-0.2, 0) is 54.3 Å². The molecule has 1 unspecified atom stereocenters. The van der Waals surface area contributed by atoms with Crippen LogP contribution >= 0.6 is 0 Å². The van der Waals surface area contributed by atoms with Crippen molar-refractivity contribution in [2.45, 2.75) is 121 Å². The van der Waals surface area contributed by atoms with E-state index in [1.165, 1.54) is 0 Å². The van der Waals surface area contributed by atoms with Crippen LogP contribution in [0.5, 0.6) is 0 Å². The number of unbranched alkanes of at least 4 members (excludes halogenated alkanes) is 8. The molecule has 3 amide bonds. The van der Waals surface area contributed by atoms with Gasteiger partial charge >= 0.3 is 47.8 Å². The second kappa shape index (κ2) is 43.2. The second-order valence-corrected chi connectivity index (χ2v) is 22.8. The number of carbonyl (C=O) groups is 9. The standard InChI is InChI=1S/C59H96N14O18/c1-68-24-25-70(40-51(79)80)26-27-71(41-52(81)82)30-33-73(42-53(83)84)45(39-68)38-43-14-16-44(17-15-43)62-57-65-56(61-22-35-91-37-36-90-34-20-50(77)78)66-58(67-57)72-31-28-69(29-32-72)23-11-7-5-3-2-4-6-8-13-48(74)60-21-10-9-12-46(54(85)86)63-59(89)64-47(55(87)88)18-19-49(75)76/h14-17,45-47H,2-13,18-42H2,1H3,(H,60,74)(H,75,76)(H,77,78)(H,79,80)(H,81,82)(H,83,84)(H,85,86)(H,87,88)(H2,63,64,89)(H2,61,62,65,66,67)/t45?,46-,47-/m0/s1. The number of hydrogen-bond donors (Lipinski definition) is 12. The molecule has 32 nitrogen and oxygen atoms in total. The van der Waals surface area contributed by atoms with E-state index in [2.05, 4.69) is 46.3 Å². The number of urea groups is 1. The maximum absolute atomic E-state index is 12.4. The summed E-state index contributed by atoms with van der Waals surface area (Å²) < 4.78 is 11.0. The first-order valence-corrected chi connectivity index (χ1v) is 31.4. The summed E-state index contributed by atoms with van der Waals surface area (Å²) in [5.74, 6) is -6.88. The molecule has 12 N–H and O–H groups in total. The number of carboxylic acid groups (broad SMARTS) is 7. The Morgan fingerprint density at radius 2 is 1.08 bits per heavy atom. The number of aromatic nitrogens is 3. The van der Waals surface area contributed by atoms with Crippen LogP contribution in [0.3, 0.4) is 0 Å². The third kappa shape index (κ3) is 33.9. The van der Waals surface area contributed by atoms with Crippen LogP contribution in [-0.4, -0.2) is 292 Å². The fourth-order valence-corrected chi connectivity index (χ4v) is 10.4. The maximum Gasteiger partial charge on any atom is 0.326 e. The molecule has 0 saturated carbocycles. The van der Waals surface area contributed by atoms with E-state index >= 15 is 0 Å². The van der Waals surface area contributed by atoms with Gasteiger partial charge in [-0.2, -0.15) is 15.0 Å². The Hall–Kier alpha value is -7.62. The molecule has 2 aliphatic rings. The average Bonchev–Trinajstić information content (AvgIpc) is 1.29. The molecule has 32 heteroatoms. The number of piperazine rings is 1. The molecule has 510 valence electrons. The highest BCUT2D eigenvalue weighted by molar-refractivity contribution is 5.86. The molecule has 0 radical (unpaired) electrons.